The zero-order valence-corrected chi connectivity index (χ0v) is 10.8. The van der Waals surface area contributed by atoms with Crippen molar-refractivity contribution in [2.45, 2.75) is 39.2 Å². The molecular formula is C14H16N2O3. The van der Waals surface area contributed by atoms with Gasteiger partial charge in [0.2, 0.25) is 0 Å². The molecule has 0 bridgehead atoms. The largest absolute Gasteiger partial charge is 0.478 e. The van der Waals surface area contributed by atoms with Gasteiger partial charge in [-0.1, -0.05) is 0 Å². The van der Waals surface area contributed by atoms with E-state index in [0.717, 1.165) is 24.4 Å². The zero-order valence-electron chi connectivity index (χ0n) is 10.8. The third-order valence-corrected chi connectivity index (χ3v) is 3.70. The van der Waals surface area contributed by atoms with Crippen LogP contribution in [0, 0.1) is 6.92 Å². The molecule has 0 saturated carbocycles. The summed E-state index contributed by atoms with van der Waals surface area (Å²) in [5, 5.41) is 9.11. The summed E-state index contributed by atoms with van der Waals surface area (Å²) in [6.45, 7) is 2.41. The third-order valence-electron chi connectivity index (χ3n) is 3.70. The average Bonchev–Trinajstić information content (AvgIpc) is 2.96. The van der Waals surface area contributed by atoms with Gasteiger partial charge >= 0.3 is 5.97 Å². The minimum absolute atomic E-state index is 0.234. The van der Waals surface area contributed by atoms with E-state index in [-0.39, 0.29) is 5.56 Å². The van der Waals surface area contributed by atoms with Crippen LogP contribution in [0.3, 0.4) is 0 Å². The van der Waals surface area contributed by atoms with Crippen molar-refractivity contribution >= 4 is 5.97 Å². The van der Waals surface area contributed by atoms with Gasteiger partial charge in [0, 0.05) is 5.69 Å². The molecule has 1 aliphatic rings. The van der Waals surface area contributed by atoms with Crippen LogP contribution < -0.4 is 0 Å². The molecule has 0 atom stereocenters. The van der Waals surface area contributed by atoms with Crippen molar-refractivity contribution in [3.05, 3.63) is 40.9 Å². The molecule has 2 aromatic heterocycles. The molecule has 3 rings (SSSR count). The first-order valence-corrected chi connectivity index (χ1v) is 6.51. The minimum atomic E-state index is -0.949. The number of furan rings is 1. The minimum Gasteiger partial charge on any atom is -0.478 e. The summed E-state index contributed by atoms with van der Waals surface area (Å²) in [5.41, 5.74) is 2.63. The van der Waals surface area contributed by atoms with Crippen LogP contribution in [0.4, 0.5) is 0 Å². The Morgan fingerprint density at radius 1 is 1.47 bits per heavy atom. The number of carbonyl (C=O) groups is 1. The predicted octanol–water partition coefficient (Wildman–Crippen LogP) is 2.41. The Labute approximate surface area is 110 Å². The Hall–Kier alpha value is -2.04. The first-order valence-electron chi connectivity index (χ1n) is 6.51. The molecule has 0 amide bonds. The van der Waals surface area contributed by atoms with Crippen molar-refractivity contribution in [2.75, 3.05) is 0 Å². The molecule has 2 aromatic rings. The van der Waals surface area contributed by atoms with Gasteiger partial charge in [0.25, 0.3) is 0 Å². The van der Waals surface area contributed by atoms with Crippen molar-refractivity contribution in [2.24, 2.45) is 0 Å². The number of carboxylic acids is 1. The number of aryl methyl sites for hydroxylation is 2. The standard InChI is InChI=1S/C14H16N2O3/c1-9-15-11-4-2-3-5-12(11)16(9)8-13-10(14(17)18)6-7-19-13/h6-7H,2-5,8H2,1H3,(H,17,18). The van der Waals surface area contributed by atoms with Crippen LogP contribution in [0.25, 0.3) is 0 Å². The van der Waals surface area contributed by atoms with Crippen molar-refractivity contribution in [3.63, 3.8) is 0 Å². The lowest BCUT2D eigenvalue weighted by Crippen LogP contribution is -2.11. The van der Waals surface area contributed by atoms with Gasteiger partial charge in [-0.25, -0.2) is 9.78 Å². The predicted molar refractivity (Wildman–Crippen MR) is 68.4 cm³/mol. The number of imidazole rings is 1. The number of carboxylic acid groups (broad SMARTS) is 1. The van der Waals surface area contributed by atoms with Gasteiger partial charge in [-0.05, 0) is 38.7 Å². The van der Waals surface area contributed by atoms with Crippen molar-refractivity contribution in [1.29, 1.82) is 0 Å². The van der Waals surface area contributed by atoms with Crippen LogP contribution in [-0.2, 0) is 19.4 Å². The summed E-state index contributed by atoms with van der Waals surface area (Å²) < 4.78 is 7.40. The van der Waals surface area contributed by atoms with Crippen LogP contribution in [0.5, 0.6) is 0 Å². The Kier molecular flexibility index (Phi) is 2.89. The maximum absolute atomic E-state index is 11.1. The number of nitrogens with zero attached hydrogens (tertiary/aromatic N) is 2. The molecule has 0 fully saturated rings. The summed E-state index contributed by atoms with van der Waals surface area (Å²) in [5.74, 6) is 0.469. The summed E-state index contributed by atoms with van der Waals surface area (Å²) in [6, 6.07) is 1.50. The molecule has 100 valence electrons. The lowest BCUT2D eigenvalue weighted by atomic mass is 10.0. The van der Waals surface area contributed by atoms with Gasteiger partial charge in [0.05, 0.1) is 18.5 Å². The molecule has 0 aliphatic heterocycles. The fraction of sp³-hybridized carbons (Fsp3) is 0.429. The summed E-state index contributed by atoms with van der Waals surface area (Å²) >= 11 is 0. The Morgan fingerprint density at radius 3 is 3.05 bits per heavy atom. The van der Waals surface area contributed by atoms with Crippen LogP contribution in [0.1, 0.15) is 46.2 Å². The highest BCUT2D eigenvalue weighted by atomic mass is 16.4. The number of hydrogen-bond acceptors (Lipinski definition) is 3. The maximum atomic E-state index is 11.1. The van der Waals surface area contributed by atoms with E-state index >= 15 is 0 Å². The molecule has 1 N–H and O–H groups in total. The quantitative estimate of drug-likeness (QED) is 0.920. The molecular weight excluding hydrogens is 244 g/mol. The molecule has 2 heterocycles. The van der Waals surface area contributed by atoms with E-state index in [0.29, 0.717) is 12.3 Å². The highest BCUT2D eigenvalue weighted by Gasteiger charge is 2.21. The number of aromatic carboxylic acids is 1. The Bertz CT molecular complexity index is 625. The second-order valence-corrected chi connectivity index (χ2v) is 4.91. The Balaban J connectivity index is 1.97. The number of hydrogen-bond donors (Lipinski definition) is 1. The van der Waals surface area contributed by atoms with Gasteiger partial charge in [0.15, 0.2) is 0 Å². The van der Waals surface area contributed by atoms with Gasteiger partial charge < -0.3 is 14.1 Å². The van der Waals surface area contributed by atoms with E-state index in [1.165, 1.54) is 30.9 Å². The fourth-order valence-corrected chi connectivity index (χ4v) is 2.74. The summed E-state index contributed by atoms with van der Waals surface area (Å²) in [7, 11) is 0. The summed E-state index contributed by atoms with van der Waals surface area (Å²) in [4.78, 5) is 15.7. The lowest BCUT2D eigenvalue weighted by molar-refractivity contribution is 0.0694. The van der Waals surface area contributed by atoms with Crippen molar-refractivity contribution in [3.8, 4) is 0 Å². The molecule has 0 saturated heterocycles. The van der Waals surface area contributed by atoms with Crippen molar-refractivity contribution in [1.82, 2.24) is 9.55 Å². The monoisotopic (exact) mass is 260 g/mol. The zero-order chi connectivity index (χ0) is 13.4. The van der Waals surface area contributed by atoms with Gasteiger partial charge in [0.1, 0.15) is 17.1 Å². The fourth-order valence-electron chi connectivity index (χ4n) is 2.74. The first kappa shape index (κ1) is 12.0. The highest BCUT2D eigenvalue weighted by Crippen LogP contribution is 2.24. The number of rotatable bonds is 3. The van der Waals surface area contributed by atoms with Crippen molar-refractivity contribution < 1.29 is 14.3 Å². The smallest absolute Gasteiger partial charge is 0.339 e. The second-order valence-electron chi connectivity index (χ2n) is 4.91. The summed E-state index contributed by atoms with van der Waals surface area (Å²) in [6.07, 6.45) is 5.82. The highest BCUT2D eigenvalue weighted by molar-refractivity contribution is 5.88. The van der Waals surface area contributed by atoms with E-state index in [2.05, 4.69) is 9.55 Å². The van der Waals surface area contributed by atoms with Crippen LogP contribution >= 0.6 is 0 Å². The topological polar surface area (TPSA) is 68.3 Å². The van der Waals surface area contributed by atoms with Crippen LogP contribution in [-0.4, -0.2) is 20.6 Å². The molecule has 0 spiro atoms. The normalized spacial score (nSPS) is 14.4. The van der Waals surface area contributed by atoms with E-state index in [4.69, 9.17) is 9.52 Å². The molecule has 5 nitrogen and oxygen atoms in total. The third kappa shape index (κ3) is 2.05. The molecule has 0 aromatic carbocycles. The van der Waals surface area contributed by atoms with Crippen LogP contribution in [0.2, 0.25) is 0 Å². The molecule has 19 heavy (non-hydrogen) atoms. The molecule has 5 heteroatoms. The van der Waals surface area contributed by atoms with E-state index in [9.17, 15) is 4.79 Å². The second kappa shape index (κ2) is 4.57. The van der Waals surface area contributed by atoms with E-state index < -0.39 is 5.97 Å². The Morgan fingerprint density at radius 2 is 2.26 bits per heavy atom. The van der Waals surface area contributed by atoms with Gasteiger partial charge in [-0.15, -0.1) is 0 Å². The lowest BCUT2D eigenvalue weighted by Gasteiger charge is -2.14. The first-order chi connectivity index (χ1) is 9.16. The average molecular weight is 260 g/mol. The molecule has 0 unspecified atom stereocenters. The molecule has 0 radical (unpaired) electrons. The molecule has 1 aliphatic carbocycles. The number of fused-ring (bicyclic) bond motifs is 1. The number of aromatic nitrogens is 2. The van der Waals surface area contributed by atoms with Gasteiger partial charge in [-0.2, -0.15) is 0 Å². The SMILES string of the molecule is Cc1nc2c(n1Cc1occc1C(=O)O)CCCC2. The van der Waals surface area contributed by atoms with Gasteiger partial charge in [-0.3, -0.25) is 0 Å². The van der Waals surface area contributed by atoms with E-state index in [1.807, 2.05) is 6.92 Å². The van der Waals surface area contributed by atoms with Crippen LogP contribution in [0.15, 0.2) is 16.7 Å². The van der Waals surface area contributed by atoms with E-state index in [1.54, 1.807) is 0 Å². The maximum Gasteiger partial charge on any atom is 0.339 e.